The maximum Gasteiger partial charge on any atom is 0.293 e. The number of rotatable bonds is 8. The highest BCUT2D eigenvalue weighted by Crippen LogP contribution is 2.39. The Kier molecular flexibility index (Phi) is 7.95. The molecular weight excluding hydrogens is 554 g/mol. The van der Waals surface area contributed by atoms with Crippen LogP contribution in [-0.2, 0) is 11.4 Å². The monoisotopic (exact) mass is 571 g/mol. The van der Waals surface area contributed by atoms with E-state index in [0.29, 0.717) is 38.7 Å². The van der Waals surface area contributed by atoms with Crippen LogP contribution in [0.25, 0.3) is 6.08 Å². The summed E-state index contributed by atoms with van der Waals surface area (Å²) in [4.78, 5) is 39.1. The minimum atomic E-state index is -0.526. The Labute approximate surface area is 220 Å². The van der Waals surface area contributed by atoms with Crippen molar-refractivity contribution in [2.45, 2.75) is 6.61 Å². The fourth-order valence-electron chi connectivity index (χ4n) is 3.35. The number of thioether (sulfide) groups is 1. The topological polar surface area (TPSA) is 72.9 Å². The lowest BCUT2D eigenvalue weighted by atomic mass is 10.1. The van der Waals surface area contributed by atoms with E-state index in [4.69, 9.17) is 21.1 Å². The van der Waals surface area contributed by atoms with Crippen LogP contribution < -0.4 is 9.47 Å². The Hall–Kier alpha value is -3.07. The van der Waals surface area contributed by atoms with Gasteiger partial charge in [-0.05, 0) is 81.3 Å². The quantitative estimate of drug-likeness (QED) is 0.223. The number of benzene rings is 3. The standard InChI is InChI=1S/C26H19BrClNO5S/c1-33-22-12-17(11-20(27)24(22)34-15-16-5-3-2-4-6-16)13-23-25(31)29(26(32)35-23)14-21(30)18-7-9-19(28)10-8-18/h2-13H,14-15H2,1H3/b23-13+. The van der Waals surface area contributed by atoms with E-state index in [1.807, 2.05) is 30.3 Å². The summed E-state index contributed by atoms with van der Waals surface area (Å²) < 4.78 is 12.1. The third kappa shape index (κ3) is 5.96. The number of hydrogen-bond acceptors (Lipinski definition) is 6. The van der Waals surface area contributed by atoms with Crippen molar-refractivity contribution in [3.05, 3.63) is 97.8 Å². The number of carbonyl (C=O) groups excluding carboxylic acids is 3. The highest BCUT2D eigenvalue weighted by atomic mass is 79.9. The number of methoxy groups -OCH3 is 1. The first-order valence-corrected chi connectivity index (χ1v) is 12.4. The van der Waals surface area contributed by atoms with Gasteiger partial charge < -0.3 is 9.47 Å². The number of ketones is 1. The summed E-state index contributed by atoms with van der Waals surface area (Å²) in [5.74, 6) is 0.116. The molecule has 0 radical (unpaired) electrons. The maximum absolute atomic E-state index is 12.9. The first kappa shape index (κ1) is 25.0. The molecule has 6 nitrogen and oxygen atoms in total. The van der Waals surface area contributed by atoms with Crippen LogP contribution in [-0.4, -0.2) is 35.5 Å². The molecule has 3 aromatic rings. The van der Waals surface area contributed by atoms with Gasteiger partial charge >= 0.3 is 0 Å². The third-order valence-corrected chi connectivity index (χ3v) is 6.87. The van der Waals surface area contributed by atoms with Crippen LogP contribution in [0.4, 0.5) is 4.79 Å². The number of nitrogens with zero attached hydrogens (tertiary/aromatic N) is 1. The lowest BCUT2D eigenvalue weighted by Gasteiger charge is -2.14. The van der Waals surface area contributed by atoms with Crippen molar-refractivity contribution < 1.29 is 23.9 Å². The first-order valence-electron chi connectivity index (χ1n) is 10.4. The molecule has 1 aliphatic heterocycles. The second-order valence-electron chi connectivity index (χ2n) is 7.51. The van der Waals surface area contributed by atoms with Gasteiger partial charge in [0.15, 0.2) is 17.3 Å². The summed E-state index contributed by atoms with van der Waals surface area (Å²) in [6, 6.07) is 19.5. The van der Waals surface area contributed by atoms with E-state index >= 15 is 0 Å². The molecule has 0 atom stereocenters. The Morgan fingerprint density at radius 1 is 1.09 bits per heavy atom. The van der Waals surface area contributed by atoms with Gasteiger partial charge in [0.25, 0.3) is 11.1 Å². The van der Waals surface area contributed by atoms with Gasteiger partial charge in [0.05, 0.1) is 23.0 Å². The number of ether oxygens (including phenoxy) is 2. The van der Waals surface area contributed by atoms with Gasteiger partial charge in [-0.25, -0.2) is 0 Å². The lowest BCUT2D eigenvalue weighted by molar-refractivity contribution is -0.122. The average Bonchev–Trinajstić information content (AvgIpc) is 3.11. The van der Waals surface area contributed by atoms with E-state index < -0.39 is 11.1 Å². The number of amides is 2. The van der Waals surface area contributed by atoms with Crippen LogP contribution in [0.2, 0.25) is 5.02 Å². The molecule has 178 valence electrons. The van der Waals surface area contributed by atoms with Crippen molar-refractivity contribution >= 4 is 62.3 Å². The van der Waals surface area contributed by atoms with Gasteiger partial charge in [0.1, 0.15) is 6.61 Å². The molecule has 0 N–H and O–H groups in total. The van der Waals surface area contributed by atoms with Crippen molar-refractivity contribution in [1.29, 1.82) is 0 Å². The zero-order valence-corrected chi connectivity index (χ0v) is 21.7. The van der Waals surface area contributed by atoms with E-state index in [9.17, 15) is 14.4 Å². The molecule has 3 aromatic carbocycles. The Balaban J connectivity index is 1.51. The average molecular weight is 573 g/mol. The van der Waals surface area contributed by atoms with Crippen LogP contribution in [0.15, 0.2) is 76.1 Å². The van der Waals surface area contributed by atoms with Crippen molar-refractivity contribution in [1.82, 2.24) is 4.90 Å². The van der Waals surface area contributed by atoms with Gasteiger partial charge in [-0.15, -0.1) is 0 Å². The number of hydrogen-bond donors (Lipinski definition) is 0. The number of carbonyl (C=O) groups is 3. The van der Waals surface area contributed by atoms with Crippen molar-refractivity contribution in [2.75, 3.05) is 13.7 Å². The van der Waals surface area contributed by atoms with Crippen LogP contribution in [0.1, 0.15) is 21.5 Å². The molecule has 1 heterocycles. The van der Waals surface area contributed by atoms with Crippen LogP contribution in [0.5, 0.6) is 11.5 Å². The van der Waals surface area contributed by atoms with Crippen molar-refractivity contribution in [2.24, 2.45) is 0 Å². The predicted octanol–water partition coefficient (Wildman–Crippen LogP) is 6.61. The zero-order chi connectivity index (χ0) is 24.9. The lowest BCUT2D eigenvalue weighted by Crippen LogP contribution is -2.33. The second kappa shape index (κ2) is 11.1. The zero-order valence-electron chi connectivity index (χ0n) is 18.5. The smallest absolute Gasteiger partial charge is 0.293 e. The van der Waals surface area contributed by atoms with E-state index in [1.165, 1.54) is 7.11 Å². The highest BCUT2D eigenvalue weighted by molar-refractivity contribution is 9.10. The van der Waals surface area contributed by atoms with Crippen molar-refractivity contribution in [3.8, 4) is 11.5 Å². The van der Waals surface area contributed by atoms with Gasteiger partial charge in [-0.3, -0.25) is 19.3 Å². The molecule has 2 amide bonds. The molecule has 0 aliphatic carbocycles. The maximum atomic E-state index is 12.9. The van der Waals surface area contributed by atoms with E-state index in [1.54, 1.807) is 42.5 Å². The molecule has 35 heavy (non-hydrogen) atoms. The van der Waals surface area contributed by atoms with E-state index in [-0.39, 0.29) is 17.2 Å². The minimum absolute atomic E-state index is 0.214. The molecule has 1 fully saturated rings. The molecule has 0 bridgehead atoms. The molecule has 4 rings (SSSR count). The largest absolute Gasteiger partial charge is 0.493 e. The summed E-state index contributed by atoms with van der Waals surface area (Å²) >= 11 is 10.1. The highest BCUT2D eigenvalue weighted by Gasteiger charge is 2.36. The molecule has 0 unspecified atom stereocenters. The summed E-state index contributed by atoms with van der Waals surface area (Å²) in [5.41, 5.74) is 2.01. The van der Waals surface area contributed by atoms with E-state index in [2.05, 4.69) is 15.9 Å². The first-order chi connectivity index (χ1) is 16.9. The Morgan fingerprint density at radius 3 is 2.49 bits per heavy atom. The Bertz CT molecular complexity index is 1310. The van der Waals surface area contributed by atoms with Gasteiger partial charge in [-0.1, -0.05) is 41.9 Å². The molecule has 0 saturated carbocycles. The normalized spacial score (nSPS) is 14.5. The fourth-order valence-corrected chi connectivity index (χ4v) is 4.89. The van der Waals surface area contributed by atoms with E-state index in [0.717, 1.165) is 22.2 Å². The van der Waals surface area contributed by atoms with Crippen LogP contribution in [0, 0.1) is 0 Å². The predicted molar refractivity (Wildman–Crippen MR) is 140 cm³/mol. The summed E-state index contributed by atoms with van der Waals surface area (Å²) in [6.07, 6.45) is 1.59. The Morgan fingerprint density at radius 2 is 1.80 bits per heavy atom. The summed E-state index contributed by atoms with van der Waals surface area (Å²) in [6.45, 7) is 0.0125. The van der Waals surface area contributed by atoms with Crippen LogP contribution >= 0.6 is 39.3 Å². The van der Waals surface area contributed by atoms with Crippen LogP contribution in [0.3, 0.4) is 0 Å². The molecule has 1 saturated heterocycles. The molecule has 0 aromatic heterocycles. The minimum Gasteiger partial charge on any atom is -0.493 e. The second-order valence-corrected chi connectivity index (χ2v) is 9.79. The summed E-state index contributed by atoms with van der Waals surface area (Å²) in [7, 11) is 1.52. The SMILES string of the molecule is COc1cc(/C=C2/SC(=O)N(CC(=O)c3ccc(Cl)cc3)C2=O)cc(Br)c1OCc1ccccc1. The van der Waals surface area contributed by atoms with Gasteiger partial charge in [-0.2, -0.15) is 0 Å². The summed E-state index contributed by atoms with van der Waals surface area (Å²) in [5, 5.41) is -0.00821. The number of Topliss-reactive ketones (excluding diaryl/α,β-unsaturated/α-hetero) is 1. The van der Waals surface area contributed by atoms with Gasteiger partial charge in [0.2, 0.25) is 0 Å². The molecule has 1 aliphatic rings. The molecule has 0 spiro atoms. The fraction of sp³-hybridized carbons (Fsp3) is 0.115. The van der Waals surface area contributed by atoms with Crippen molar-refractivity contribution in [3.63, 3.8) is 0 Å². The van der Waals surface area contributed by atoms with Gasteiger partial charge in [0, 0.05) is 10.6 Å². The third-order valence-electron chi connectivity index (χ3n) is 5.12. The molecular formula is C26H19BrClNO5S. The number of halogens is 2. The molecule has 9 heteroatoms. The number of imide groups is 1.